The van der Waals surface area contributed by atoms with Crippen LogP contribution in [0.1, 0.15) is 49.7 Å². The van der Waals surface area contributed by atoms with Crippen molar-refractivity contribution in [3.8, 4) is 5.75 Å². The lowest BCUT2D eigenvalue weighted by Crippen LogP contribution is -2.28. The third-order valence-corrected chi connectivity index (χ3v) is 4.65. The van der Waals surface area contributed by atoms with Crippen LogP contribution in [0.5, 0.6) is 5.75 Å². The van der Waals surface area contributed by atoms with E-state index in [1.54, 1.807) is 19.1 Å². The van der Waals surface area contributed by atoms with Gasteiger partial charge in [0, 0.05) is 29.6 Å². The molecular formula is C18H23NO3. The lowest BCUT2D eigenvalue weighted by Gasteiger charge is -2.17. The number of hydrogen-bond donors (Lipinski definition) is 2. The van der Waals surface area contributed by atoms with E-state index in [1.165, 1.54) is 38.5 Å². The summed E-state index contributed by atoms with van der Waals surface area (Å²) < 4.78 is 5.28. The highest BCUT2D eigenvalue weighted by Gasteiger charge is 2.14. The fraction of sp³-hybridized carbons (Fsp3) is 0.500. The van der Waals surface area contributed by atoms with Gasteiger partial charge in [0.15, 0.2) is 0 Å². The van der Waals surface area contributed by atoms with E-state index in [0.29, 0.717) is 23.7 Å². The van der Waals surface area contributed by atoms with Gasteiger partial charge < -0.3 is 14.8 Å². The zero-order valence-corrected chi connectivity index (χ0v) is 13.0. The SMILES string of the molecule is Cc1c(O)ccc2c(CNC3CCCCCC3)cc(=O)oc12. The van der Waals surface area contributed by atoms with Crippen LogP contribution in [-0.2, 0) is 6.54 Å². The zero-order valence-electron chi connectivity index (χ0n) is 13.0. The van der Waals surface area contributed by atoms with Crippen LogP contribution < -0.4 is 10.9 Å². The van der Waals surface area contributed by atoms with Gasteiger partial charge in [-0.05, 0) is 37.5 Å². The molecule has 4 nitrogen and oxygen atoms in total. The monoisotopic (exact) mass is 301 g/mol. The number of hydrogen-bond acceptors (Lipinski definition) is 4. The van der Waals surface area contributed by atoms with Gasteiger partial charge in [-0.25, -0.2) is 4.79 Å². The molecule has 4 heteroatoms. The highest BCUT2D eigenvalue weighted by Crippen LogP contribution is 2.27. The van der Waals surface area contributed by atoms with E-state index in [4.69, 9.17) is 4.42 Å². The molecule has 0 atom stereocenters. The van der Waals surface area contributed by atoms with Crippen LogP contribution in [0.3, 0.4) is 0 Å². The molecule has 0 radical (unpaired) electrons. The fourth-order valence-corrected chi connectivity index (χ4v) is 3.30. The summed E-state index contributed by atoms with van der Waals surface area (Å²) in [6.07, 6.45) is 7.63. The predicted octanol–water partition coefficient (Wildman–Crippen LogP) is 3.62. The van der Waals surface area contributed by atoms with Gasteiger partial charge in [0.1, 0.15) is 11.3 Å². The van der Waals surface area contributed by atoms with E-state index in [0.717, 1.165) is 10.9 Å². The number of rotatable bonds is 3. The summed E-state index contributed by atoms with van der Waals surface area (Å²) in [7, 11) is 0. The highest BCUT2D eigenvalue weighted by molar-refractivity contribution is 5.84. The van der Waals surface area contributed by atoms with Crippen molar-refractivity contribution in [1.82, 2.24) is 5.32 Å². The summed E-state index contributed by atoms with van der Waals surface area (Å²) in [5.74, 6) is 0.157. The summed E-state index contributed by atoms with van der Waals surface area (Å²) in [4.78, 5) is 11.8. The Labute approximate surface area is 130 Å². The molecule has 0 spiro atoms. The maximum Gasteiger partial charge on any atom is 0.336 e. The number of phenols is 1. The molecule has 0 saturated heterocycles. The van der Waals surface area contributed by atoms with Crippen molar-refractivity contribution in [2.45, 2.75) is 58.0 Å². The molecule has 0 bridgehead atoms. The Morgan fingerprint density at radius 2 is 1.95 bits per heavy atom. The molecular weight excluding hydrogens is 278 g/mol. The Morgan fingerprint density at radius 3 is 2.68 bits per heavy atom. The lowest BCUT2D eigenvalue weighted by molar-refractivity contribution is 0.457. The van der Waals surface area contributed by atoms with Gasteiger partial charge >= 0.3 is 5.63 Å². The molecule has 1 aliphatic rings. The number of fused-ring (bicyclic) bond motifs is 1. The largest absolute Gasteiger partial charge is 0.508 e. The van der Waals surface area contributed by atoms with Crippen LogP contribution in [0.2, 0.25) is 0 Å². The molecule has 1 aromatic heterocycles. The number of aryl methyl sites for hydroxylation is 1. The van der Waals surface area contributed by atoms with Crippen LogP contribution >= 0.6 is 0 Å². The second-order valence-corrected chi connectivity index (χ2v) is 6.25. The predicted molar refractivity (Wildman–Crippen MR) is 87.2 cm³/mol. The van der Waals surface area contributed by atoms with Crippen molar-refractivity contribution in [2.75, 3.05) is 0 Å². The first kappa shape index (κ1) is 15.1. The molecule has 1 saturated carbocycles. The summed E-state index contributed by atoms with van der Waals surface area (Å²) in [5.41, 5.74) is 1.69. The minimum Gasteiger partial charge on any atom is -0.508 e. The maximum absolute atomic E-state index is 11.8. The zero-order chi connectivity index (χ0) is 15.5. The molecule has 0 amide bonds. The quantitative estimate of drug-likeness (QED) is 0.671. The van der Waals surface area contributed by atoms with Gasteiger partial charge in [0.05, 0.1) is 0 Å². The molecule has 1 aliphatic carbocycles. The molecule has 0 aliphatic heterocycles. The average molecular weight is 301 g/mol. The van der Waals surface area contributed by atoms with Gasteiger partial charge in [-0.1, -0.05) is 25.7 Å². The molecule has 2 aromatic rings. The second kappa shape index (κ2) is 6.53. The van der Waals surface area contributed by atoms with E-state index in [1.807, 2.05) is 6.07 Å². The number of aromatic hydroxyl groups is 1. The minimum atomic E-state index is -0.362. The van der Waals surface area contributed by atoms with Crippen molar-refractivity contribution in [1.29, 1.82) is 0 Å². The first-order valence-electron chi connectivity index (χ1n) is 8.14. The van der Waals surface area contributed by atoms with Crippen LogP contribution in [0, 0.1) is 6.92 Å². The molecule has 3 rings (SSSR count). The van der Waals surface area contributed by atoms with Crippen LogP contribution in [-0.4, -0.2) is 11.1 Å². The third kappa shape index (κ3) is 3.17. The second-order valence-electron chi connectivity index (χ2n) is 6.25. The van der Waals surface area contributed by atoms with E-state index in [2.05, 4.69) is 5.32 Å². The van der Waals surface area contributed by atoms with E-state index in [-0.39, 0.29) is 11.4 Å². The van der Waals surface area contributed by atoms with Crippen molar-refractivity contribution >= 4 is 11.0 Å². The highest BCUT2D eigenvalue weighted by atomic mass is 16.4. The molecule has 118 valence electrons. The average Bonchev–Trinajstić information content (AvgIpc) is 2.78. The van der Waals surface area contributed by atoms with Crippen molar-refractivity contribution in [3.05, 3.63) is 39.7 Å². The Bertz CT molecular complexity index is 712. The normalized spacial score (nSPS) is 16.8. The Balaban J connectivity index is 1.87. The summed E-state index contributed by atoms with van der Waals surface area (Å²) in [6, 6.07) is 5.57. The first-order valence-corrected chi connectivity index (χ1v) is 8.14. The number of nitrogens with one attached hydrogen (secondary N) is 1. The van der Waals surface area contributed by atoms with E-state index < -0.39 is 0 Å². The molecule has 1 heterocycles. The molecule has 1 aromatic carbocycles. The van der Waals surface area contributed by atoms with Crippen molar-refractivity contribution < 1.29 is 9.52 Å². The van der Waals surface area contributed by atoms with Crippen molar-refractivity contribution in [3.63, 3.8) is 0 Å². The van der Waals surface area contributed by atoms with Crippen LogP contribution in [0.25, 0.3) is 11.0 Å². The van der Waals surface area contributed by atoms with Gasteiger partial charge in [-0.2, -0.15) is 0 Å². The van der Waals surface area contributed by atoms with Crippen LogP contribution in [0.4, 0.5) is 0 Å². The number of phenolic OH excluding ortho intramolecular Hbond substituents is 1. The standard InChI is InChI=1S/C18H23NO3/c1-12-16(20)9-8-15-13(10-17(21)22-18(12)15)11-19-14-6-4-2-3-5-7-14/h8-10,14,19-20H,2-7,11H2,1H3. The molecule has 2 N–H and O–H groups in total. The van der Waals surface area contributed by atoms with E-state index in [9.17, 15) is 9.90 Å². The van der Waals surface area contributed by atoms with E-state index >= 15 is 0 Å². The van der Waals surface area contributed by atoms with Crippen LogP contribution in [0.15, 0.2) is 27.4 Å². The third-order valence-electron chi connectivity index (χ3n) is 4.65. The Morgan fingerprint density at radius 1 is 1.23 bits per heavy atom. The molecule has 22 heavy (non-hydrogen) atoms. The molecule has 1 fully saturated rings. The van der Waals surface area contributed by atoms with Crippen molar-refractivity contribution in [2.24, 2.45) is 0 Å². The summed E-state index contributed by atoms with van der Waals surface area (Å²) in [6.45, 7) is 2.43. The van der Waals surface area contributed by atoms with Gasteiger partial charge in [-0.3, -0.25) is 0 Å². The molecule has 0 unspecified atom stereocenters. The minimum absolute atomic E-state index is 0.157. The summed E-state index contributed by atoms with van der Waals surface area (Å²) in [5, 5.41) is 14.3. The smallest absolute Gasteiger partial charge is 0.336 e. The van der Waals surface area contributed by atoms with Gasteiger partial charge in [-0.15, -0.1) is 0 Å². The first-order chi connectivity index (χ1) is 10.6. The lowest BCUT2D eigenvalue weighted by atomic mass is 10.0. The maximum atomic E-state index is 11.8. The fourth-order valence-electron chi connectivity index (χ4n) is 3.30. The topological polar surface area (TPSA) is 62.5 Å². The van der Waals surface area contributed by atoms with Gasteiger partial charge in [0.25, 0.3) is 0 Å². The number of benzene rings is 1. The Kier molecular flexibility index (Phi) is 4.48. The summed E-state index contributed by atoms with van der Waals surface area (Å²) >= 11 is 0. The Hall–Kier alpha value is -1.81. The van der Waals surface area contributed by atoms with Gasteiger partial charge in [0.2, 0.25) is 0 Å².